The van der Waals surface area contributed by atoms with Crippen LogP contribution in [0, 0.1) is 11.3 Å². The van der Waals surface area contributed by atoms with E-state index in [2.05, 4.69) is 140 Å². The van der Waals surface area contributed by atoms with Crippen LogP contribution in [0.25, 0.3) is 99.0 Å². The first-order valence-corrected chi connectivity index (χ1v) is 17.8. The van der Waals surface area contributed by atoms with Crippen LogP contribution in [0.2, 0.25) is 0 Å². The van der Waals surface area contributed by atoms with E-state index in [1.807, 2.05) is 36.4 Å². The summed E-state index contributed by atoms with van der Waals surface area (Å²) in [7, 11) is 0. The molecule has 0 radical (unpaired) electrons. The van der Waals surface area contributed by atoms with E-state index in [-0.39, 0.29) is 0 Å². The molecule has 0 N–H and O–H groups in total. The smallest absolute Gasteiger partial charge is 0.136 e. The zero-order valence-electron chi connectivity index (χ0n) is 28.5. The van der Waals surface area contributed by atoms with Crippen molar-refractivity contribution >= 4 is 43.1 Å². The summed E-state index contributed by atoms with van der Waals surface area (Å²) in [5.74, 6) is 1.54. The Morgan fingerprint density at radius 2 is 1.00 bits per heavy atom. The number of fused-ring (bicyclic) bond motifs is 2. The molecule has 0 bridgehead atoms. The summed E-state index contributed by atoms with van der Waals surface area (Å²) >= 11 is 0. The van der Waals surface area contributed by atoms with Gasteiger partial charge in [-0.1, -0.05) is 103 Å². The summed E-state index contributed by atoms with van der Waals surface area (Å²) in [6.45, 7) is 0. The Labute approximate surface area is 306 Å². The summed E-state index contributed by atoms with van der Waals surface area (Å²) in [5.41, 5.74) is 11.6. The number of aromatic nitrogens is 1. The molecule has 1 aliphatic rings. The van der Waals surface area contributed by atoms with Gasteiger partial charge in [0.1, 0.15) is 11.5 Å². The highest BCUT2D eigenvalue weighted by Crippen LogP contribution is 2.49. The minimum absolute atomic E-state index is 0.590. The lowest BCUT2D eigenvalue weighted by atomic mass is 9.88. The normalized spacial score (nSPS) is 11.9. The second kappa shape index (κ2) is 11.4. The second-order valence-corrected chi connectivity index (χ2v) is 13.8. The van der Waals surface area contributed by atoms with Gasteiger partial charge in [0.2, 0.25) is 0 Å². The molecule has 0 spiro atoms. The number of benzene rings is 9. The van der Waals surface area contributed by atoms with Crippen LogP contribution in [0.1, 0.15) is 5.56 Å². The number of ether oxygens (including phenoxy) is 1. The van der Waals surface area contributed by atoms with Crippen molar-refractivity contribution in [2.75, 3.05) is 0 Å². The number of nitrogens with zero attached hydrogens (tertiary/aromatic N) is 2. The molecule has 3 heteroatoms. The van der Waals surface area contributed by atoms with Crippen LogP contribution in [0.3, 0.4) is 0 Å². The molecular weight excluding hydrogens is 645 g/mol. The average molecular weight is 673 g/mol. The van der Waals surface area contributed by atoms with Crippen molar-refractivity contribution < 1.29 is 4.74 Å². The largest absolute Gasteiger partial charge is 0.456 e. The number of hydrogen-bond acceptors (Lipinski definition) is 3. The molecule has 0 aliphatic carbocycles. The SMILES string of the molecule is N#Cc1ccc2c(c1)Oc1cccc3c(-c4cccc(-c5cc6ccc7cc(-c8cccc(-c9ccccc9)n8)cc8ccc(c5)c6c78)c4)ccc-2c13. The van der Waals surface area contributed by atoms with E-state index >= 15 is 0 Å². The molecule has 1 aliphatic heterocycles. The first kappa shape index (κ1) is 29.5. The fourth-order valence-corrected chi connectivity index (χ4v) is 8.34. The minimum Gasteiger partial charge on any atom is -0.456 e. The maximum absolute atomic E-state index is 9.45. The Morgan fingerprint density at radius 1 is 0.396 bits per heavy atom. The third-order valence-corrected chi connectivity index (χ3v) is 10.8. The Morgan fingerprint density at radius 3 is 1.74 bits per heavy atom. The molecule has 10 aromatic rings. The highest BCUT2D eigenvalue weighted by atomic mass is 16.5. The lowest BCUT2D eigenvalue weighted by Crippen LogP contribution is -1.98. The fourth-order valence-electron chi connectivity index (χ4n) is 8.34. The predicted octanol–water partition coefficient (Wildman–Crippen LogP) is 13.4. The molecule has 0 atom stereocenters. The number of hydrogen-bond donors (Lipinski definition) is 0. The molecule has 53 heavy (non-hydrogen) atoms. The highest BCUT2D eigenvalue weighted by Gasteiger charge is 2.22. The standard InChI is InChI=1S/C50H28N2O/c51-29-30-15-20-41-43-22-21-40(42-11-5-14-46(50(42)43)53-47(41)23-30)33-10-4-9-32(24-33)38-25-34-16-18-36-27-39(28-37-19-17-35(26-38)48(34)49(36)37)45-13-6-12-44(52-45)31-7-2-1-3-8-31/h1-28H. The van der Waals surface area contributed by atoms with Gasteiger partial charge < -0.3 is 4.74 Å². The second-order valence-electron chi connectivity index (χ2n) is 13.8. The van der Waals surface area contributed by atoms with Crippen molar-refractivity contribution in [2.45, 2.75) is 0 Å². The van der Waals surface area contributed by atoms with Crippen LogP contribution in [-0.2, 0) is 0 Å². The van der Waals surface area contributed by atoms with E-state index in [9.17, 15) is 5.26 Å². The molecule has 2 heterocycles. The maximum atomic E-state index is 9.45. The average Bonchev–Trinajstić information content (AvgIpc) is 3.23. The molecular formula is C50H28N2O. The van der Waals surface area contributed by atoms with E-state index in [1.54, 1.807) is 0 Å². The van der Waals surface area contributed by atoms with E-state index < -0.39 is 0 Å². The minimum atomic E-state index is 0.590. The maximum Gasteiger partial charge on any atom is 0.136 e. The van der Waals surface area contributed by atoms with Gasteiger partial charge in [0.05, 0.1) is 23.0 Å². The van der Waals surface area contributed by atoms with Gasteiger partial charge in [0.25, 0.3) is 0 Å². The molecule has 0 fully saturated rings. The van der Waals surface area contributed by atoms with Crippen LogP contribution >= 0.6 is 0 Å². The molecule has 9 aromatic carbocycles. The van der Waals surface area contributed by atoms with Crippen LogP contribution in [0.15, 0.2) is 170 Å². The van der Waals surface area contributed by atoms with Gasteiger partial charge in [-0.2, -0.15) is 5.26 Å². The summed E-state index contributed by atoms with van der Waals surface area (Å²) in [4.78, 5) is 5.05. The van der Waals surface area contributed by atoms with Crippen LogP contribution in [0.4, 0.5) is 0 Å². The van der Waals surface area contributed by atoms with E-state index in [1.165, 1.54) is 43.4 Å². The third kappa shape index (κ3) is 4.63. The quantitative estimate of drug-likeness (QED) is 0.175. The molecule has 11 rings (SSSR count). The lowest BCUT2D eigenvalue weighted by molar-refractivity contribution is 0.487. The molecule has 0 unspecified atom stereocenters. The van der Waals surface area contributed by atoms with Crippen molar-refractivity contribution in [2.24, 2.45) is 0 Å². The van der Waals surface area contributed by atoms with Crippen LogP contribution in [-0.4, -0.2) is 4.98 Å². The van der Waals surface area contributed by atoms with E-state index in [4.69, 9.17) is 9.72 Å². The van der Waals surface area contributed by atoms with E-state index in [0.717, 1.165) is 67.0 Å². The van der Waals surface area contributed by atoms with Crippen molar-refractivity contribution in [3.63, 3.8) is 0 Å². The van der Waals surface area contributed by atoms with Crippen molar-refractivity contribution in [1.29, 1.82) is 5.26 Å². The fraction of sp³-hybridized carbons (Fsp3) is 0. The Kier molecular flexibility index (Phi) is 6.32. The molecule has 0 saturated heterocycles. The summed E-state index contributed by atoms with van der Waals surface area (Å²) in [6.07, 6.45) is 0. The van der Waals surface area contributed by atoms with Gasteiger partial charge in [0.15, 0.2) is 0 Å². The van der Waals surface area contributed by atoms with Gasteiger partial charge in [0, 0.05) is 22.1 Å². The first-order valence-electron chi connectivity index (χ1n) is 17.8. The summed E-state index contributed by atoms with van der Waals surface area (Å²) < 4.78 is 6.37. The topological polar surface area (TPSA) is 45.9 Å². The van der Waals surface area contributed by atoms with Crippen LogP contribution in [0.5, 0.6) is 11.5 Å². The first-order chi connectivity index (χ1) is 26.2. The molecule has 0 amide bonds. The predicted molar refractivity (Wildman–Crippen MR) is 217 cm³/mol. The van der Waals surface area contributed by atoms with Gasteiger partial charge in [-0.25, -0.2) is 4.98 Å². The molecule has 0 saturated carbocycles. The summed E-state index contributed by atoms with van der Waals surface area (Å²) in [6, 6.07) is 62.3. The van der Waals surface area contributed by atoms with Crippen molar-refractivity contribution in [3.05, 3.63) is 175 Å². The molecule has 3 nitrogen and oxygen atoms in total. The van der Waals surface area contributed by atoms with E-state index in [0.29, 0.717) is 5.56 Å². The number of rotatable bonds is 4. The number of pyridine rings is 1. The zero-order valence-corrected chi connectivity index (χ0v) is 28.5. The van der Waals surface area contributed by atoms with Gasteiger partial charge >= 0.3 is 0 Å². The Bertz CT molecular complexity index is 3090. The van der Waals surface area contributed by atoms with Gasteiger partial charge in [-0.15, -0.1) is 0 Å². The highest BCUT2D eigenvalue weighted by molar-refractivity contribution is 6.24. The van der Waals surface area contributed by atoms with Gasteiger partial charge in [-0.05, 0) is 132 Å². The zero-order chi connectivity index (χ0) is 35.0. The molecule has 1 aromatic heterocycles. The number of nitriles is 1. The van der Waals surface area contributed by atoms with Crippen molar-refractivity contribution in [1.82, 2.24) is 4.98 Å². The Hall–Kier alpha value is -7.28. The van der Waals surface area contributed by atoms with Crippen LogP contribution < -0.4 is 4.74 Å². The molecule has 244 valence electrons. The lowest BCUT2D eigenvalue weighted by Gasteiger charge is -2.23. The van der Waals surface area contributed by atoms with Crippen molar-refractivity contribution in [3.8, 4) is 73.5 Å². The Balaban J connectivity index is 0.994. The third-order valence-electron chi connectivity index (χ3n) is 10.8. The van der Waals surface area contributed by atoms with Gasteiger partial charge in [-0.3, -0.25) is 0 Å². The summed E-state index contributed by atoms with van der Waals surface area (Å²) in [5, 5.41) is 19.2. The monoisotopic (exact) mass is 672 g/mol.